The summed E-state index contributed by atoms with van der Waals surface area (Å²) in [6, 6.07) is 9.88. The van der Waals surface area contributed by atoms with Crippen molar-refractivity contribution in [3.8, 4) is 11.1 Å². The molecule has 39 heavy (non-hydrogen) atoms. The van der Waals surface area contributed by atoms with E-state index in [0.29, 0.717) is 53.1 Å². The molecule has 2 saturated heterocycles. The molecule has 1 atom stereocenters. The van der Waals surface area contributed by atoms with E-state index in [0.717, 1.165) is 29.9 Å². The minimum Gasteiger partial charge on any atom is -0.336 e. The van der Waals surface area contributed by atoms with Crippen molar-refractivity contribution in [1.82, 2.24) is 20.1 Å². The van der Waals surface area contributed by atoms with Gasteiger partial charge in [0.1, 0.15) is 10.6 Å². The van der Waals surface area contributed by atoms with Gasteiger partial charge in [0, 0.05) is 53.7 Å². The molecule has 4 heterocycles. The number of nitrogens with zero attached hydrogens (tertiary/aromatic N) is 3. The van der Waals surface area contributed by atoms with E-state index >= 15 is 4.39 Å². The highest BCUT2D eigenvalue weighted by atomic mass is 32.1. The van der Waals surface area contributed by atoms with Crippen LogP contribution in [0.1, 0.15) is 32.1 Å². The second-order valence-corrected chi connectivity index (χ2v) is 11.5. The summed E-state index contributed by atoms with van der Waals surface area (Å²) < 4.78 is 54.3. The number of benzene rings is 2. The molecule has 2 aliphatic heterocycles. The van der Waals surface area contributed by atoms with Crippen molar-refractivity contribution in [3.05, 3.63) is 75.3 Å². The summed E-state index contributed by atoms with van der Waals surface area (Å²) in [7, 11) is 0. The van der Waals surface area contributed by atoms with Crippen molar-refractivity contribution in [2.75, 3.05) is 26.2 Å². The van der Waals surface area contributed by atoms with Crippen molar-refractivity contribution < 1.29 is 27.2 Å². The van der Waals surface area contributed by atoms with Crippen LogP contribution in [0.5, 0.6) is 0 Å². The maximum Gasteiger partial charge on any atom is 0.416 e. The number of carbonyl (C=O) groups is 2. The van der Waals surface area contributed by atoms with Crippen molar-refractivity contribution in [1.29, 1.82) is 0 Å². The largest absolute Gasteiger partial charge is 0.416 e. The minimum absolute atomic E-state index is 0.0221. The molecular formula is C27H22F4N4O2S2. The topological polar surface area (TPSA) is 65.5 Å². The Hall–Kier alpha value is -3.35. The Kier molecular flexibility index (Phi) is 6.64. The second kappa shape index (κ2) is 10.00. The van der Waals surface area contributed by atoms with Gasteiger partial charge in [-0.1, -0.05) is 18.2 Å². The van der Waals surface area contributed by atoms with E-state index < -0.39 is 17.6 Å². The Bertz CT molecular complexity index is 1530. The van der Waals surface area contributed by atoms with Gasteiger partial charge in [-0.05, 0) is 41.8 Å². The molecule has 6 nitrogen and oxygen atoms in total. The van der Waals surface area contributed by atoms with Crippen LogP contribution in [0.4, 0.5) is 17.6 Å². The van der Waals surface area contributed by atoms with E-state index in [1.165, 1.54) is 23.5 Å². The normalized spacial score (nSPS) is 18.1. The van der Waals surface area contributed by atoms with Gasteiger partial charge in [-0.25, -0.2) is 9.37 Å². The SMILES string of the molecule is O=C(c1cscn1)N1CC[C@H](NC2CN(C(=O)c3sc4cc(-c5ccc(C(F)(F)F)cc5)ccc4c3F)C2)C1. The molecule has 6 rings (SSSR count). The van der Waals surface area contributed by atoms with Gasteiger partial charge < -0.3 is 15.1 Å². The number of thiazole rings is 1. The third-order valence-electron chi connectivity index (χ3n) is 7.14. The highest BCUT2D eigenvalue weighted by Crippen LogP contribution is 2.36. The molecule has 202 valence electrons. The average molecular weight is 575 g/mol. The van der Waals surface area contributed by atoms with Crippen molar-refractivity contribution >= 4 is 44.6 Å². The Morgan fingerprint density at radius 2 is 1.67 bits per heavy atom. The van der Waals surface area contributed by atoms with Gasteiger partial charge in [0.2, 0.25) is 0 Å². The number of aromatic nitrogens is 1. The molecule has 2 fully saturated rings. The first-order chi connectivity index (χ1) is 18.7. The predicted octanol–water partition coefficient (Wildman–Crippen LogP) is 5.51. The van der Waals surface area contributed by atoms with Crippen LogP contribution in [0.2, 0.25) is 0 Å². The van der Waals surface area contributed by atoms with Crippen LogP contribution in [0.25, 0.3) is 21.2 Å². The average Bonchev–Trinajstić information content (AvgIpc) is 3.66. The van der Waals surface area contributed by atoms with E-state index in [9.17, 15) is 22.8 Å². The molecule has 12 heteroatoms. The van der Waals surface area contributed by atoms with Gasteiger partial charge >= 0.3 is 6.18 Å². The summed E-state index contributed by atoms with van der Waals surface area (Å²) in [5.41, 5.74) is 2.57. The first-order valence-corrected chi connectivity index (χ1v) is 14.1. The maximum absolute atomic E-state index is 15.2. The third kappa shape index (κ3) is 5.04. The monoisotopic (exact) mass is 574 g/mol. The molecule has 2 aromatic heterocycles. The smallest absolute Gasteiger partial charge is 0.336 e. The Balaban J connectivity index is 1.08. The molecular weight excluding hydrogens is 552 g/mol. The van der Waals surface area contributed by atoms with Crippen LogP contribution in [0.15, 0.2) is 53.4 Å². The van der Waals surface area contributed by atoms with Crippen LogP contribution in [0.3, 0.4) is 0 Å². The number of nitrogens with one attached hydrogen (secondary N) is 1. The highest BCUT2D eigenvalue weighted by molar-refractivity contribution is 7.20. The molecule has 0 bridgehead atoms. The standard InChI is InChI=1S/C27H22F4N4O2S2/c28-23-20-6-3-16(15-1-4-17(5-2-15)27(29,30)31)9-22(20)39-24(23)26(37)35-11-19(12-35)33-18-7-8-34(10-18)25(36)21-13-38-14-32-21/h1-6,9,13-14,18-19,33H,7-8,10-12H2/t18-/m0/s1. The van der Waals surface area contributed by atoms with Gasteiger partial charge in [0.15, 0.2) is 5.82 Å². The van der Waals surface area contributed by atoms with Crippen molar-refractivity contribution in [2.24, 2.45) is 0 Å². The second-order valence-electron chi connectivity index (χ2n) is 9.72. The summed E-state index contributed by atoms with van der Waals surface area (Å²) in [4.78, 5) is 33.0. The summed E-state index contributed by atoms with van der Waals surface area (Å²) in [5, 5.41) is 5.54. The third-order valence-corrected chi connectivity index (χ3v) is 8.84. The lowest BCUT2D eigenvalue weighted by Gasteiger charge is -2.40. The minimum atomic E-state index is -4.42. The first-order valence-electron chi connectivity index (χ1n) is 12.3. The molecule has 1 N–H and O–H groups in total. The molecule has 2 aromatic carbocycles. The Labute approximate surface area is 228 Å². The summed E-state index contributed by atoms with van der Waals surface area (Å²) in [6.07, 6.45) is -3.61. The number of halogens is 4. The van der Waals surface area contributed by atoms with Crippen LogP contribution in [-0.4, -0.2) is 64.9 Å². The van der Waals surface area contributed by atoms with E-state index in [1.54, 1.807) is 38.9 Å². The number of fused-ring (bicyclic) bond motifs is 1. The number of rotatable bonds is 5. The van der Waals surface area contributed by atoms with Crippen LogP contribution < -0.4 is 5.32 Å². The number of amides is 2. The Morgan fingerprint density at radius 3 is 2.36 bits per heavy atom. The summed E-state index contributed by atoms with van der Waals surface area (Å²) in [5.74, 6) is -1.04. The van der Waals surface area contributed by atoms with Gasteiger partial charge in [-0.3, -0.25) is 9.59 Å². The number of alkyl halides is 3. The fourth-order valence-electron chi connectivity index (χ4n) is 5.02. The zero-order valence-corrected chi connectivity index (χ0v) is 22.0. The first kappa shape index (κ1) is 25.9. The van der Waals surface area contributed by atoms with Crippen LogP contribution >= 0.6 is 22.7 Å². The predicted molar refractivity (Wildman–Crippen MR) is 141 cm³/mol. The molecule has 4 aromatic rings. The van der Waals surface area contributed by atoms with E-state index in [2.05, 4.69) is 10.3 Å². The molecule has 0 spiro atoms. The van der Waals surface area contributed by atoms with Gasteiger partial charge in [0.25, 0.3) is 11.8 Å². The zero-order chi connectivity index (χ0) is 27.3. The van der Waals surface area contributed by atoms with Crippen molar-refractivity contribution in [3.63, 3.8) is 0 Å². The number of hydrogen-bond acceptors (Lipinski definition) is 6. The summed E-state index contributed by atoms with van der Waals surface area (Å²) >= 11 is 2.43. The number of likely N-dealkylation sites (tertiary alicyclic amines) is 2. The maximum atomic E-state index is 15.2. The van der Waals surface area contributed by atoms with Gasteiger partial charge in [0.05, 0.1) is 11.1 Å². The highest BCUT2D eigenvalue weighted by Gasteiger charge is 2.37. The lowest BCUT2D eigenvalue weighted by Crippen LogP contribution is -2.62. The number of hydrogen-bond donors (Lipinski definition) is 1. The van der Waals surface area contributed by atoms with Gasteiger partial charge in [-0.2, -0.15) is 13.2 Å². The lowest BCUT2D eigenvalue weighted by atomic mass is 10.0. The number of thiophene rings is 1. The lowest BCUT2D eigenvalue weighted by molar-refractivity contribution is -0.137. The summed E-state index contributed by atoms with van der Waals surface area (Å²) in [6.45, 7) is 2.11. The van der Waals surface area contributed by atoms with Gasteiger partial charge in [-0.15, -0.1) is 22.7 Å². The quantitative estimate of drug-likeness (QED) is 0.319. The van der Waals surface area contributed by atoms with E-state index in [4.69, 9.17) is 0 Å². The number of carbonyl (C=O) groups excluding carboxylic acids is 2. The fraction of sp³-hybridized carbons (Fsp3) is 0.296. The Morgan fingerprint density at radius 1 is 0.949 bits per heavy atom. The molecule has 0 saturated carbocycles. The molecule has 2 aliphatic rings. The zero-order valence-electron chi connectivity index (χ0n) is 20.4. The van der Waals surface area contributed by atoms with Crippen molar-refractivity contribution in [2.45, 2.75) is 24.7 Å². The molecule has 0 unspecified atom stereocenters. The fourth-order valence-corrected chi connectivity index (χ4v) is 6.64. The molecule has 0 radical (unpaired) electrons. The molecule has 2 amide bonds. The van der Waals surface area contributed by atoms with Crippen LogP contribution in [0, 0.1) is 5.82 Å². The van der Waals surface area contributed by atoms with Crippen LogP contribution in [-0.2, 0) is 6.18 Å². The molecule has 0 aliphatic carbocycles. The van der Waals surface area contributed by atoms with E-state index in [1.807, 2.05) is 0 Å². The van der Waals surface area contributed by atoms with E-state index in [-0.39, 0.29) is 28.8 Å².